The van der Waals surface area contributed by atoms with Crippen molar-refractivity contribution in [1.82, 2.24) is 0 Å². The number of rotatable bonds is 9. The Labute approximate surface area is 177 Å². The van der Waals surface area contributed by atoms with Crippen LogP contribution in [-0.2, 0) is 13.0 Å². The highest BCUT2D eigenvalue weighted by molar-refractivity contribution is 5.92. The molecule has 0 heterocycles. The lowest BCUT2D eigenvalue weighted by molar-refractivity contribution is 0.306. The van der Waals surface area contributed by atoms with Gasteiger partial charge in [-0.05, 0) is 41.8 Å². The third-order valence-electron chi connectivity index (χ3n) is 4.49. The quantitative estimate of drug-likeness (QED) is 0.411. The average molecular weight is 405 g/mol. The van der Waals surface area contributed by atoms with Gasteiger partial charge in [-0.15, -0.1) is 0 Å². The van der Waals surface area contributed by atoms with Gasteiger partial charge in [0, 0.05) is 18.3 Å². The number of aliphatic imine (C=N–C) groups is 1. The summed E-state index contributed by atoms with van der Waals surface area (Å²) in [6.45, 7) is 1.11. The molecule has 0 radical (unpaired) electrons. The first-order valence-corrected chi connectivity index (χ1v) is 9.72. The maximum absolute atomic E-state index is 6.02. The Morgan fingerprint density at radius 1 is 0.867 bits per heavy atom. The Balaban J connectivity index is 1.52. The molecule has 0 saturated heterocycles. The normalized spacial score (nSPS) is 11.1. The van der Waals surface area contributed by atoms with Crippen molar-refractivity contribution in [2.45, 2.75) is 13.0 Å². The molecular formula is C24H27N3O3. The number of benzene rings is 3. The molecule has 3 aromatic carbocycles. The van der Waals surface area contributed by atoms with Crippen LogP contribution in [-0.4, -0.2) is 26.7 Å². The lowest BCUT2D eigenvalue weighted by Crippen LogP contribution is -2.23. The molecule has 156 valence electrons. The summed E-state index contributed by atoms with van der Waals surface area (Å²) >= 11 is 0. The van der Waals surface area contributed by atoms with Gasteiger partial charge < -0.3 is 25.3 Å². The molecule has 0 bridgehead atoms. The van der Waals surface area contributed by atoms with Crippen LogP contribution in [0.1, 0.15) is 11.1 Å². The molecule has 0 fully saturated rings. The Morgan fingerprint density at radius 2 is 1.63 bits per heavy atom. The van der Waals surface area contributed by atoms with Crippen LogP contribution >= 0.6 is 0 Å². The van der Waals surface area contributed by atoms with Crippen LogP contribution < -0.4 is 25.3 Å². The highest BCUT2D eigenvalue weighted by Crippen LogP contribution is 2.29. The van der Waals surface area contributed by atoms with Gasteiger partial charge in [0.15, 0.2) is 17.5 Å². The number of nitrogens with one attached hydrogen (secondary N) is 1. The molecule has 3 N–H and O–H groups in total. The fourth-order valence-corrected chi connectivity index (χ4v) is 2.94. The van der Waals surface area contributed by atoms with Crippen molar-refractivity contribution in [3.05, 3.63) is 83.9 Å². The zero-order valence-corrected chi connectivity index (χ0v) is 17.3. The van der Waals surface area contributed by atoms with E-state index in [2.05, 4.69) is 16.4 Å². The molecule has 0 unspecified atom stereocenters. The number of guanidine groups is 1. The van der Waals surface area contributed by atoms with Crippen molar-refractivity contribution in [2.24, 2.45) is 10.7 Å². The molecule has 0 aromatic heterocycles. The van der Waals surface area contributed by atoms with E-state index in [1.807, 2.05) is 66.7 Å². The summed E-state index contributed by atoms with van der Waals surface area (Å²) in [5.41, 5.74) is 9.08. The number of methoxy groups -OCH3 is 2. The van der Waals surface area contributed by atoms with E-state index in [0.29, 0.717) is 30.6 Å². The average Bonchev–Trinajstić information content (AvgIpc) is 2.78. The number of hydrogen-bond acceptors (Lipinski definition) is 4. The summed E-state index contributed by atoms with van der Waals surface area (Å²) < 4.78 is 16.4. The first-order chi connectivity index (χ1) is 14.7. The van der Waals surface area contributed by atoms with E-state index >= 15 is 0 Å². The van der Waals surface area contributed by atoms with Gasteiger partial charge >= 0.3 is 0 Å². The highest BCUT2D eigenvalue weighted by atomic mass is 16.5. The van der Waals surface area contributed by atoms with Gasteiger partial charge in [-0.25, -0.2) is 0 Å². The van der Waals surface area contributed by atoms with Crippen molar-refractivity contribution in [3.63, 3.8) is 0 Å². The predicted octanol–water partition coefficient (Wildman–Crippen LogP) is 4.25. The summed E-state index contributed by atoms with van der Waals surface area (Å²) in [5, 5.41) is 3.07. The van der Waals surface area contributed by atoms with Crippen molar-refractivity contribution in [2.75, 3.05) is 26.1 Å². The monoisotopic (exact) mass is 405 g/mol. The number of nitrogens with two attached hydrogens (primary N) is 1. The summed E-state index contributed by atoms with van der Waals surface area (Å²) in [7, 11) is 3.19. The van der Waals surface area contributed by atoms with E-state index in [1.165, 1.54) is 0 Å². The molecule has 0 aliphatic rings. The van der Waals surface area contributed by atoms with Crippen LogP contribution in [0.15, 0.2) is 77.8 Å². The number of anilines is 1. The molecule has 6 nitrogen and oxygen atoms in total. The van der Waals surface area contributed by atoms with Gasteiger partial charge in [0.05, 0.1) is 14.2 Å². The van der Waals surface area contributed by atoms with Gasteiger partial charge in [0.2, 0.25) is 0 Å². The molecule has 0 amide bonds. The van der Waals surface area contributed by atoms with Crippen molar-refractivity contribution in [3.8, 4) is 17.2 Å². The highest BCUT2D eigenvalue weighted by Gasteiger charge is 2.05. The zero-order valence-electron chi connectivity index (χ0n) is 17.3. The maximum atomic E-state index is 6.02. The fraction of sp³-hybridized carbons (Fsp3) is 0.208. The Bertz CT molecular complexity index is 974. The van der Waals surface area contributed by atoms with Crippen LogP contribution in [0.25, 0.3) is 0 Å². The summed E-state index contributed by atoms with van der Waals surface area (Å²) in [5.74, 6) is 2.48. The summed E-state index contributed by atoms with van der Waals surface area (Å²) in [6.07, 6.45) is 0.761. The third-order valence-corrected chi connectivity index (χ3v) is 4.49. The number of nitrogens with zero attached hydrogens (tertiary/aromatic N) is 1. The van der Waals surface area contributed by atoms with Gasteiger partial charge in [0.1, 0.15) is 12.4 Å². The molecule has 3 rings (SSSR count). The van der Waals surface area contributed by atoms with Crippen LogP contribution in [0.2, 0.25) is 0 Å². The number of ether oxygens (including phenoxy) is 3. The van der Waals surface area contributed by atoms with Crippen LogP contribution in [0, 0.1) is 0 Å². The van der Waals surface area contributed by atoms with Gasteiger partial charge in [-0.1, -0.05) is 42.5 Å². The second-order valence-corrected chi connectivity index (χ2v) is 6.63. The van der Waals surface area contributed by atoms with E-state index in [0.717, 1.165) is 29.0 Å². The van der Waals surface area contributed by atoms with Crippen LogP contribution in [0.5, 0.6) is 17.2 Å². The predicted molar refractivity (Wildman–Crippen MR) is 121 cm³/mol. The van der Waals surface area contributed by atoms with E-state index in [4.69, 9.17) is 19.9 Å². The van der Waals surface area contributed by atoms with Gasteiger partial charge in [0.25, 0.3) is 0 Å². The lowest BCUT2D eigenvalue weighted by atomic mass is 10.1. The zero-order chi connectivity index (χ0) is 21.2. The van der Waals surface area contributed by atoms with Crippen molar-refractivity contribution in [1.29, 1.82) is 0 Å². The molecule has 0 atom stereocenters. The molecule has 0 saturated carbocycles. The second kappa shape index (κ2) is 10.8. The third kappa shape index (κ3) is 6.17. The van der Waals surface area contributed by atoms with Gasteiger partial charge in [-0.3, -0.25) is 4.99 Å². The molecule has 6 heteroatoms. The van der Waals surface area contributed by atoms with Gasteiger partial charge in [-0.2, -0.15) is 0 Å². The van der Waals surface area contributed by atoms with E-state index < -0.39 is 0 Å². The topological polar surface area (TPSA) is 78.1 Å². The SMILES string of the molecule is COc1ccc(NC(N)=NCCc2cccc(OCc3ccccc3)c2)cc1OC. The minimum atomic E-state index is 0.346. The molecule has 3 aromatic rings. The lowest BCUT2D eigenvalue weighted by Gasteiger charge is -2.11. The summed E-state index contributed by atoms with van der Waals surface area (Å²) in [6, 6.07) is 23.6. The van der Waals surface area contributed by atoms with Crippen LogP contribution in [0.4, 0.5) is 5.69 Å². The van der Waals surface area contributed by atoms with E-state index in [-0.39, 0.29) is 0 Å². The number of hydrogen-bond donors (Lipinski definition) is 2. The smallest absolute Gasteiger partial charge is 0.193 e. The minimum Gasteiger partial charge on any atom is -0.493 e. The Morgan fingerprint density at radius 3 is 2.40 bits per heavy atom. The molecule has 30 heavy (non-hydrogen) atoms. The maximum Gasteiger partial charge on any atom is 0.193 e. The first-order valence-electron chi connectivity index (χ1n) is 9.72. The molecular weight excluding hydrogens is 378 g/mol. The largest absolute Gasteiger partial charge is 0.493 e. The van der Waals surface area contributed by atoms with E-state index in [9.17, 15) is 0 Å². The van der Waals surface area contributed by atoms with Crippen molar-refractivity contribution < 1.29 is 14.2 Å². The standard InChI is InChI=1S/C24H27N3O3/c1-28-22-12-11-20(16-23(22)29-2)27-24(25)26-14-13-18-9-6-10-21(15-18)30-17-19-7-4-3-5-8-19/h3-12,15-16H,13-14,17H2,1-2H3,(H3,25,26,27). The van der Waals surface area contributed by atoms with Crippen molar-refractivity contribution >= 4 is 11.6 Å². The Hall–Kier alpha value is -3.67. The Kier molecular flexibility index (Phi) is 7.55. The minimum absolute atomic E-state index is 0.346. The first kappa shape index (κ1) is 21.0. The second-order valence-electron chi connectivity index (χ2n) is 6.63. The fourth-order valence-electron chi connectivity index (χ4n) is 2.94. The summed E-state index contributed by atoms with van der Waals surface area (Å²) in [4.78, 5) is 4.41. The van der Waals surface area contributed by atoms with Crippen LogP contribution in [0.3, 0.4) is 0 Å². The molecule has 0 spiro atoms. The molecule has 0 aliphatic heterocycles. The van der Waals surface area contributed by atoms with E-state index in [1.54, 1.807) is 14.2 Å². The molecule has 0 aliphatic carbocycles.